The minimum absolute atomic E-state index is 0. The van der Waals surface area contributed by atoms with Gasteiger partial charge in [-0.1, -0.05) is 79.2 Å². The van der Waals surface area contributed by atoms with Crippen molar-refractivity contribution in [2.75, 3.05) is 0 Å². The molecule has 30 heavy (non-hydrogen) atoms. The number of halogens is 1. The van der Waals surface area contributed by atoms with Crippen molar-refractivity contribution >= 4 is 16.1 Å². The number of rotatable bonds is 5. The van der Waals surface area contributed by atoms with E-state index in [4.69, 9.17) is 0 Å². The zero-order chi connectivity index (χ0) is 19.7. The van der Waals surface area contributed by atoms with E-state index in [0.717, 1.165) is 39.8 Å². The van der Waals surface area contributed by atoms with Gasteiger partial charge in [-0.25, -0.2) is 8.42 Å². The Hall–Kier alpha value is -1.21. The Morgan fingerprint density at radius 1 is 0.900 bits per heavy atom. The summed E-state index contributed by atoms with van der Waals surface area (Å²) >= 11 is 0. The Morgan fingerprint density at radius 2 is 1.57 bits per heavy atom. The average Bonchev–Trinajstić information content (AvgIpc) is 3.06. The number of hydrogen-bond acceptors (Lipinski definition) is 2. The van der Waals surface area contributed by atoms with Crippen LogP contribution in [0.4, 0.5) is 0 Å². The van der Waals surface area contributed by atoms with Gasteiger partial charge in [-0.15, -0.1) is 0 Å². The second-order valence-electron chi connectivity index (χ2n) is 7.11. The molecular weight excluding hydrogens is 541 g/mol. The van der Waals surface area contributed by atoms with Gasteiger partial charge in [0.2, 0.25) is 10.0 Å². The number of fused-ring (bicyclic) bond motifs is 1. The van der Waals surface area contributed by atoms with Crippen LogP contribution in [-0.2, 0) is 10.0 Å². The second kappa shape index (κ2) is 10.4. The molecule has 153 valence electrons. The molecule has 1 radical (unpaired) electrons. The Kier molecular flexibility index (Phi) is 8.69. The van der Waals surface area contributed by atoms with Gasteiger partial charge in [0.05, 0.1) is 10.9 Å². The number of sulfonamides is 1. The molecule has 3 aromatic rings. The number of hydrogen-bond donors (Lipinski definition) is 1. The third-order valence-electron chi connectivity index (χ3n) is 5.24. The van der Waals surface area contributed by atoms with E-state index in [9.17, 15) is 8.42 Å². The molecule has 3 nitrogen and oxygen atoms in total. The number of nitrogens with one attached hydrogen (secondary N) is 1. The smallest absolute Gasteiger partial charge is 0.241 e. The Bertz CT molecular complexity index is 1140. The normalized spacial score (nSPS) is 14.9. The van der Waals surface area contributed by atoms with Crippen LogP contribution in [0.2, 0.25) is 0 Å². The maximum absolute atomic E-state index is 13.1. The topological polar surface area (TPSA) is 46.2 Å². The van der Waals surface area contributed by atoms with Crippen LogP contribution < -0.4 is 17.1 Å². The first-order chi connectivity index (χ1) is 13.5. The maximum atomic E-state index is 13.1. The van der Waals surface area contributed by atoms with Crippen LogP contribution >= 0.6 is 0 Å². The standard InChI is InChI=1S/C24H23NO2S.ClH.La/c1-3-18-16-20-10-7-11-22(19-8-5-4-6-9-19)23(20)24(18)25-28(26,27)21-14-12-17(2)13-15-21;;/h4-16,24-25H,3H2,1-2H3;1H;/p-1. The molecule has 0 aliphatic heterocycles. The molecule has 4 rings (SSSR count). The minimum atomic E-state index is -3.64. The molecule has 1 aliphatic carbocycles. The van der Waals surface area contributed by atoms with Crippen molar-refractivity contribution in [3.05, 3.63) is 95.1 Å². The van der Waals surface area contributed by atoms with Crippen molar-refractivity contribution in [3.8, 4) is 11.1 Å². The van der Waals surface area contributed by atoms with Crippen molar-refractivity contribution in [2.45, 2.75) is 31.2 Å². The monoisotopic (exact) mass is 563 g/mol. The van der Waals surface area contributed by atoms with Crippen LogP contribution in [-0.4, -0.2) is 8.42 Å². The van der Waals surface area contributed by atoms with Crippen molar-refractivity contribution in [2.24, 2.45) is 0 Å². The SMILES string of the molecule is CCC1=Cc2cccc(-c3ccccc3)c2C1NS(=O)(=O)c1ccc(C)cc1.[Cl-].[La]. The molecule has 0 saturated heterocycles. The fraction of sp³-hybridized carbons (Fsp3) is 0.167. The van der Waals surface area contributed by atoms with Gasteiger partial charge in [-0.3, -0.25) is 0 Å². The third-order valence-corrected chi connectivity index (χ3v) is 6.68. The predicted octanol–water partition coefficient (Wildman–Crippen LogP) is 2.49. The summed E-state index contributed by atoms with van der Waals surface area (Å²) in [5, 5.41) is 0. The first-order valence-corrected chi connectivity index (χ1v) is 11.0. The zero-order valence-corrected chi connectivity index (χ0v) is 22.2. The molecule has 0 bridgehead atoms. The van der Waals surface area contributed by atoms with Gasteiger partial charge in [0, 0.05) is 35.6 Å². The van der Waals surface area contributed by atoms with Crippen LogP contribution in [0.1, 0.15) is 36.1 Å². The van der Waals surface area contributed by atoms with Gasteiger partial charge in [-0.05, 0) is 53.3 Å². The summed E-state index contributed by atoms with van der Waals surface area (Å²) in [5.74, 6) is 0. The summed E-state index contributed by atoms with van der Waals surface area (Å²) in [6, 6.07) is 22.9. The van der Waals surface area contributed by atoms with Gasteiger partial charge >= 0.3 is 0 Å². The summed E-state index contributed by atoms with van der Waals surface area (Å²) in [6.07, 6.45) is 2.90. The fourth-order valence-corrected chi connectivity index (χ4v) is 4.96. The minimum Gasteiger partial charge on any atom is -1.00 e. The Balaban J connectivity index is 0.00000160. The van der Waals surface area contributed by atoms with E-state index in [2.05, 4.69) is 42.0 Å². The molecule has 0 aromatic heterocycles. The molecule has 1 unspecified atom stereocenters. The summed E-state index contributed by atoms with van der Waals surface area (Å²) in [6.45, 7) is 4.01. The largest absolute Gasteiger partial charge is 1.00 e. The molecule has 0 saturated carbocycles. The molecule has 0 amide bonds. The molecular formula is C24H23ClLaNO2S-. The van der Waals surface area contributed by atoms with E-state index in [1.165, 1.54) is 0 Å². The van der Waals surface area contributed by atoms with Crippen molar-refractivity contribution in [1.29, 1.82) is 0 Å². The Morgan fingerprint density at radius 3 is 2.20 bits per heavy atom. The number of aryl methyl sites for hydroxylation is 1. The third kappa shape index (κ3) is 4.99. The fourth-order valence-electron chi connectivity index (χ4n) is 3.75. The predicted molar refractivity (Wildman–Crippen MR) is 114 cm³/mol. The molecule has 0 heterocycles. The summed E-state index contributed by atoms with van der Waals surface area (Å²) in [5.41, 5.74) is 6.37. The van der Waals surface area contributed by atoms with Crippen LogP contribution in [0.5, 0.6) is 0 Å². The van der Waals surface area contributed by atoms with Gasteiger partial charge in [-0.2, -0.15) is 4.72 Å². The van der Waals surface area contributed by atoms with Crippen molar-refractivity contribution in [3.63, 3.8) is 0 Å². The molecule has 6 heteroatoms. The van der Waals surface area contributed by atoms with Gasteiger partial charge < -0.3 is 12.4 Å². The van der Waals surface area contributed by atoms with E-state index in [1.807, 2.05) is 43.3 Å². The maximum Gasteiger partial charge on any atom is 0.241 e. The molecule has 0 spiro atoms. The second-order valence-corrected chi connectivity index (χ2v) is 8.83. The van der Waals surface area contributed by atoms with Crippen molar-refractivity contribution in [1.82, 2.24) is 4.72 Å². The van der Waals surface area contributed by atoms with Gasteiger partial charge in [0.1, 0.15) is 0 Å². The van der Waals surface area contributed by atoms with E-state index in [1.54, 1.807) is 12.1 Å². The quantitative estimate of drug-likeness (QED) is 0.519. The Labute approximate surface area is 213 Å². The first kappa shape index (κ1) is 25.1. The average molecular weight is 564 g/mol. The summed E-state index contributed by atoms with van der Waals surface area (Å²) in [4.78, 5) is 0.291. The zero-order valence-electron chi connectivity index (χ0n) is 17.0. The molecule has 1 aliphatic rings. The number of benzene rings is 3. The van der Waals surface area contributed by atoms with Crippen LogP contribution in [0.15, 0.2) is 83.3 Å². The van der Waals surface area contributed by atoms with E-state index >= 15 is 0 Å². The van der Waals surface area contributed by atoms with Crippen molar-refractivity contribution < 1.29 is 56.4 Å². The van der Waals surface area contributed by atoms with Crippen LogP contribution in [0.25, 0.3) is 17.2 Å². The van der Waals surface area contributed by atoms with Gasteiger partial charge in [0.15, 0.2) is 0 Å². The van der Waals surface area contributed by atoms with E-state index in [0.29, 0.717) is 4.90 Å². The van der Waals surface area contributed by atoms with Gasteiger partial charge in [0.25, 0.3) is 0 Å². The van der Waals surface area contributed by atoms with Crippen LogP contribution in [0.3, 0.4) is 0 Å². The van der Waals surface area contributed by atoms with E-state index in [-0.39, 0.29) is 54.0 Å². The molecule has 1 atom stereocenters. The molecule has 0 fully saturated rings. The van der Waals surface area contributed by atoms with E-state index < -0.39 is 10.0 Å². The first-order valence-electron chi connectivity index (χ1n) is 9.47. The summed E-state index contributed by atoms with van der Waals surface area (Å²) < 4.78 is 29.1. The summed E-state index contributed by atoms with van der Waals surface area (Å²) in [7, 11) is -3.64. The molecule has 1 N–H and O–H groups in total. The van der Waals surface area contributed by atoms with Crippen LogP contribution in [0, 0.1) is 42.5 Å². The molecule has 3 aromatic carbocycles.